The highest BCUT2D eigenvalue weighted by molar-refractivity contribution is 5.32. The van der Waals surface area contributed by atoms with E-state index in [9.17, 15) is 10.4 Å². The number of hydrogen-bond donors (Lipinski definition) is 1. The van der Waals surface area contributed by atoms with Crippen molar-refractivity contribution in [1.29, 1.82) is 5.26 Å². The Bertz CT molecular complexity index is 960. The Hall–Kier alpha value is -1.33. The third-order valence-corrected chi connectivity index (χ3v) is 12.7. The molecule has 2 heteroatoms. The Labute approximate surface area is 227 Å². The lowest BCUT2D eigenvalue weighted by Crippen LogP contribution is -2.57. The zero-order valence-corrected chi connectivity index (χ0v) is 24.4. The van der Waals surface area contributed by atoms with Crippen molar-refractivity contribution < 1.29 is 5.11 Å². The van der Waals surface area contributed by atoms with E-state index in [2.05, 4.69) is 52.8 Å². The molecular weight excluding hydrogens is 450 g/mol. The Morgan fingerprint density at radius 1 is 0.865 bits per heavy atom. The van der Waals surface area contributed by atoms with E-state index < -0.39 is 0 Å². The van der Waals surface area contributed by atoms with Crippen LogP contribution in [0, 0.1) is 69.5 Å². The summed E-state index contributed by atoms with van der Waals surface area (Å²) < 4.78 is 0. The molecule has 1 unspecified atom stereocenters. The summed E-state index contributed by atoms with van der Waals surface area (Å²) in [5, 5.41) is 20.4. The summed E-state index contributed by atoms with van der Waals surface area (Å²) >= 11 is 0. The number of rotatable bonds is 7. The fourth-order valence-corrected chi connectivity index (χ4v) is 10.8. The van der Waals surface area contributed by atoms with E-state index in [1.807, 2.05) is 12.1 Å². The van der Waals surface area contributed by atoms with Crippen molar-refractivity contribution in [3.63, 3.8) is 0 Å². The highest BCUT2D eigenvalue weighted by Gasteiger charge is 2.61. The lowest BCUT2D eigenvalue weighted by molar-refractivity contribution is -0.152. The van der Waals surface area contributed by atoms with Gasteiger partial charge in [0.1, 0.15) is 0 Å². The average molecular weight is 504 g/mol. The van der Waals surface area contributed by atoms with Crippen molar-refractivity contribution in [3.8, 4) is 6.07 Å². The summed E-state index contributed by atoms with van der Waals surface area (Å²) in [4.78, 5) is 0. The molecule has 4 fully saturated rings. The van der Waals surface area contributed by atoms with Gasteiger partial charge in [-0.15, -0.1) is 0 Å². The summed E-state index contributed by atoms with van der Waals surface area (Å²) in [7, 11) is 0. The largest absolute Gasteiger partial charge is 0.393 e. The van der Waals surface area contributed by atoms with Gasteiger partial charge in [0.05, 0.1) is 17.7 Å². The highest BCUT2D eigenvalue weighted by atomic mass is 16.3. The van der Waals surface area contributed by atoms with Crippen molar-refractivity contribution >= 4 is 0 Å². The van der Waals surface area contributed by atoms with Gasteiger partial charge in [0, 0.05) is 0 Å². The lowest BCUT2D eigenvalue weighted by Gasteiger charge is -2.63. The minimum absolute atomic E-state index is 0.179. The SMILES string of the molecule is CC(C)CCC[C@@H](C)[C@H]1CC[C@H]2[C@@H]3CCC4[C@H](Cc5ccc(C#N)cc5)[C@H](O)CC[C@]4(C)[C@H]3CC[C@]12C. The molecule has 0 saturated heterocycles. The molecule has 1 aromatic rings. The van der Waals surface area contributed by atoms with Crippen LogP contribution in [-0.4, -0.2) is 11.2 Å². The van der Waals surface area contributed by atoms with Crippen LogP contribution >= 0.6 is 0 Å². The molecule has 0 aliphatic heterocycles. The van der Waals surface area contributed by atoms with Gasteiger partial charge in [-0.05, 0) is 134 Å². The lowest BCUT2D eigenvalue weighted by atomic mass is 9.42. The molecular formula is C35H53NO. The van der Waals surface area contributed by atoms with E-state index in [0.717, 1.165) is 53.9 Å². The van der Waals surface area contributed by atoms with Gasteiger partial charge in [-0.3, -0.25) is 0 Å². The van der Waals surface area contributed by atoms with Gasteiger partial charge < -0.3 is 5.11 Å². The normalized spacial score (nSPS) is 41.9. The van der Waals surface area contributed by atoms with Crippen LogP contribution in [0.5, 0.6) is 0 Å². The molecule has 1 aromatic carbocycles. The molecule has 1 N–H and O–H groups in total. The summed E-state index contributed by atoms with van der Waals surface area (Å²) in [6.45, 7) is 12.7. The van der Waals surface area contributed by atoms with Crippen LogP contribution in [0.4, 0.5) is 0 Å². The van der Waals surface area contributed by atoms with Crippen molar-refractivity contribution in [2.45, 2.75) is 118 Å². The van der Waals surface area contributed by atoms with Crippen molar-refractivity contribution in [2.75, 3.05) is 0 Å². The monoisotopic (exact) mass is 503 g/mol. The molecule has 10 atom stereocenters. The predicted molar refractivity (Wildman–Crippen MR) is 153 cm³/mol. The van der Waals surface area contributed by atoms with Crippen molar-refractivity contribution in [3.05, 3.63) is 35.4 Å². The van der Waals surface area contributed by atoms with Crippen LogP contribution in [0.15, 0.2) is 24.3 Å². The molecule has 4 aliphatic carbocycles. The summed E-state index contributed by atoms with van der Waals surface area (Å²) in [5.74, 6) is 6.29. The molecule has 0 aromatic heterocycles. The Morgan fingerprint density at radius 2 is 1.54 bits per heavy atom. The van der Waals surface area contributed by atoms with Gasteiger partial charge in [-0.25, -0.2) is 0 Å². The fraction of sp³-hybridized carbons (Fsp3) is 0.800. The standard InChI is InChI=1S/C35H53NO/c1-23(2)7-6-8-24(3)29-15-16-30-27-13-14-31-28(21-25-9-11-26(22-36)12-10-25)33(37)18-20-35(31,5)32(27)17-19-34(29,30)4/h9-12,23-24,27-33,37H,6-8,13-21H2,1-5H3/t24-,27+,28+,29-,30+,31?,32+,33-,34-,35+/m1/s1. The van der Waals surface area contributed by atoms with E-state index in [0.29, 0.717) is 22.7 Å². The summed E-state index contributed by atoms with van der Waals surface area (Å²) in [6, 6.07) is 10.4. The van der Waals surface area contributed by atoms with Gasteiger partial charge >= 0.3 is 0 Å². The van der Waals surface area contributed by atoms with E-state index in [1.54, 1.807) is 0 Å². The molecule has 4 saturated carbocycles. The second kappa shape index (κ2) is 10.7. The minimum atomic E-state index is -0.179. The Balaban J connectivity index is 1.31. The molecule has 5 rings (SSSR count). The number of hydrogen-bond acceptors (Lipinski definition) is 2. The van der Waals surface area contributed by atoms with Crippen LogP contribution in [0.25, 0.3) is 0 Å². The van der Waals surface area contributed by atoms with Crippen LogP contribution in [0.2, 0.25) is 0 Å². The summed E-state index contributed by atoms with van der Waals surface area (Å²) in [6.07, 6.45) is 15.6. The first-order valence-corrected chi connectivity index (χ1v) is 15.8. The number of aliphatic hydroxyl groups excluding tert-OH is 1. The van der Waals surface area contributed by atoms with Crippen molar-refractivity contribution in [1.82, 2.24) is 0 Å². The first kappa shape index (κ1) is 27.2. The van der Waals surface area contributed by atoms with Gasteiger partial charge in [0.2, 0.25) is 0 Å². The van der Waals surface area contributed by atoms with E-state index in [-0.39, 0.29) is 6.10 Å². The molecule has 204 valence electrons. The molecule has 0 spiro atoms. The molecule has 0 radical (unpaired) electrons. The number of nitriles is 1. The molecule has 0 heterocycles. The molecule has 2 nitrogen and oxygen atoms in total. The highest BCUT2D eigenvalue weighted by Crippen LogP contribution is 2.69. The van der Waals surface area contributed by atoms with Crippen LogP contribution < -0.4 is 0 Å². The second-order valence-corrected chi connectivity index (χ2v) is 14.9. The van der Waals surface area contributed by atoms with Gasteiger partial charge in [0.25, 0.3) is 0 Å². The maximum atomic E-state index is 11.2. The quantitative estimate of drug-likeness (QED) is 0.404. The number of aliphatic hydroxyl groups is 1. The van der Waals surface area contributed by atoms with Crippen LogP contribution in [-0.2, 0) is 6.42 Å². The number of nitrogens with zero attached hydrogens (tertiary/aromatic N) is 1. The first-order chi connectivity index (χ1) is 17.7. The zero-order chi connectivity index (χ0) is 26.4. The second-order valence-electron chi connectivity index (χ2n) is 14.9. The smallest absolute Gasteiger partial charge is 0.0991 e. The minimum Gasteiger partial charge on any atom is -0.393 e. The molecule has 37 heavy (non-hydrogen) atoms. The summed E-state index contributed by atoms with van der Waals surface area (Å²) in [5.41, 5.74) is 2.95. The average Bonchev–Trinajstić information content (AvgIpc) is 3.23. The van der Waals surface area contributed by atoms with Gasteiger partial charge in [0.15, 0.2) is 0 Å². The van der Waals surface area contributed by atoms with Crippen LogP contribution in [0.3, 0.4) is 0 Å². The topological polar surface area (TPSA) is 44.0 Å². The third kappa shape index (κ3) is 4.93. The van der Waals surface area contributed by atoms with E-state index >= 15 is 0 Å². The van der Waals surface area contributed by atoms with Crippen molar-refractivity contribution in [2.24, 2.45) is 58.2 Å². The Kier molecular flexibility index (Phi) is 7.86. The van der Waals surface area contributed by atoms with Crippen LogP contribution in [0.1, 0.15) is 116 Å². The fourth-order valence-electron chi connectivity index (χ4n) is 10.8. The number of fused-ring (bicyclic) bond motifs is 5. The molecule has 4 aliphatic rings. The molecule has 0 amide bonds. The Morgan fingerprint density at radius 3 is 2.24 bits per heavy atom. The number of benzene rings is 1. The predicted octanol–water partition coefficient (Wildman–Crippen LogP) is 8.81. The maximum Gasteiger partial charge on any atom is 0.0991 e. The maximum absolute atomic E-state index is 11.2. The van der Waals surface area contributed by atoms with E-state index in [4.69, 9.17) is 0 Å². The molecule has 0 bridgehead atoms. The van der Waals surface area contributed by atoms with Gasteiger partial charge in [-0.2, -0.15) is 5.26 Å². The third-order valence-electron chi connectivity index (χ3n) is 12.7. The van der Waals surface area contributed by atoms with Gasteiger partial charge in [-0.1, -0.05) is 66.0 Å². The zero-order valence-electron chi connectivity index (χ0n) is 24.4. The van der Waals surface area contributed by atoms with E-state index in [1.165, 1.54) is 69.8 Å². The first-order valence-electron chi connectivity index (χ1n) is 15.8.